The predicted molar refractivity (Wildman–Crippen MR) is 213 cm³/mol. The fourth-order valence-electron chi connectivity index (χ4n) is 7.49. The molecule has 0 aromatic heterocycles. The van der Waals surface area contributed by atoms with Crippen LogP contribution in [0, 0.1) is 41.9 Å². The SMILES string of the molecule is COc1cc(OC)c([C@@H](O)[C@H]2C[C@H]3C[C@@H](/C2=C/S(=O)(=N[C@@H](CO[Si](C)(C)C(C)(C)C)C(C)C)c2ccc(C)cc2)C3(C)C)c(O)c1C(=O)CC(C)C. The first-order valence-corrected chi connectivity index (χ1v) is 23.3. The van der Waals surface area contributed by atoms with Gasteiger partial charge in [-0.25, -0.2) is 8.57 Å². The van der Waals surface area contributed by atoms with E-state index < -0.39 is 30.1 Å². The van der Waals surface area contributed by atoms with Crippen LogP contribution in [0.25, 0.3) is 0 Å². The number of carbonyl (C=O) groups is 1. The minimum absolute atomic E-state index is 0.0139. The number of hydrogen-bond donors (Lipinski definition) is 2. The Morgan fingerprint density at radius 1 is 1.06 bits per heavy atom. The molecule has 0 heterocycles. The van der Waals surface area contributed by atoms with Crippen molar-refractivity contribution in [3.8, 4) is 17.2 Å². The molecule has 2 aromatic rings. The molecule has 3 aliphatic carbocycles. The summed E-state index contributed by atoms with van der Waals surface area (Å²) in [6, 6.07) is 8.96. The van der Waals surface area contributed by atoms with Crippen molar-refractivity contribution in [1.82, 2.24) is 0 Å². The zero-order chi connectivity index (χ0) is 39.1. The summed E-state index contributed by atoms with van der Waals surface area (Å²) in [5, 5.41) is 26.1. The summed E-state index contributed by atoms with van der Waals surface area (Å²) >= 11 is 0. The van der Waals surface area contributed by atoms with E-state index in [2.05, 4.69) is 61.6 Å². The van der Waals surface area contributed by atoms with E-state index >= 15 is 4.21 Å². The van der Waals surface area contributed by atoms with E-state index in [0.29, 0.717) is 23.8 Å². The topological polar surface area (TPSA) is 115 Å². The van der Waals surface area contributed by atoms with Gasteiger partial charge in [-0.15, -0.1) is 0 Å². The molecule has 0 spiro atoms. The van der Waals surface area contributed by atoms with Gasteiger partial charge < -0.3 is 24.1 Å². The number of aryl methyl sites for hydroxylation is 1. The largest absolute Gasteiger partial charge is 0.507 e. The Morgan fingerprint density at radius 3 is 2.15 bits per heavy atom. The van der Waals surface area contributed by atoms with Crippen LogP contribution in [-0.4, -0.2) is 55.4 Å². The number of rotatable bonds is 14. The zero-order valence-electron chi connectivity index (χ0n) is 34.1. The maximum absolute atomic E-state index is 15.7. The zero-order valence-corrected chi connectivity index (χ0v) is 35.9. The lowest BCUT2D eigenvalue weighted by atomic mass is 9.44. The van der Waals surface area contributed by atoms with E-state index in [1.165, 1.54) is 14.2 Å². The summed E-state index contributed by atoms with van der Waals surface area (Å²) in [5.41, 5.74) is 2.03. The number of phenolic OH excluding ortho intramolecular Hbond substituents is 1. The highest BCUT2D eigenvalue weighted by atomic mass is 32.2. The summed E-state index contributed by atoms with van der Waals surface area (Å²) in [4.78, 5) is 14.1. The number of aliphatic hydroxyl groups excluding tert-OH is 1. The van der Waals surface area contributed by atoms with E-state index in [9.17, 15) is 15.0 Å². The van der Waals surface area contributed by atoms with Crippen molar-refractivity contribution in [2.75, 3.05) is 20.8 Å². The van der Waals surface area contributed by atoms with E-state index in [0.717, 1.165) is 17.6 Å². The molecule has 3 aliphatic rings. The van der Waals surface area contributed by atoms with Crippen molar-refractivity contribution in [2.24, 2.45) is 39.4 Å². The number of aliphatic hydroxyl groups is 1. The molecule has 10 heteroatoms. The number of aromatic hydroxyl groups is 1. The van der Waals surface area contributed by atoms with Crippen LogP contribution < -0.4 is 9.47 Å². The van der Waals surface area contributed by atoms with Crippen LogP contribution in [0.15, 0.2) is 50.6 Å². The summed E-state index contributed by atoms with van der Waals surface area (Å²) in [6.07, 6.45) is 0.488. The molecule has 2 bridgehead atoms. The minimum atomic E-state index is -3.19. The van der Waals surface area contributed by atoms with Crippen LogP contribution in [0.1, 0.15) is 109 Å². The molecule has 290 valence electrons. The predicted octanol–water partition coefficient (Wildman–Crippen LogP) is 10.1. The second-order valence-electron chi connectivity index (χ2n) is 18.0. The van der Waals surface area contributed by atoms with Crippen LogP contribution in [0.3, 0.4) is 0 Å². The van der Waals surface area contributed by atoms with Crippen LogP contribution >= 0.6 is 0 Å². The lowest BCUT2D eigenvalue weighted by molar-refractivity contribution is -0.0711. The average molecular weight is 756 g/mol. The van der Waals surface area contributed by atoms with Crippen LogP contribution in [0.2, 0.25) is 18.1 Å². The Labute approximate surface area is 315 Å². The van der Waals surface area contributed by atoms with Crippen molar-refractivity contribution in [3.63, 3.8) is 0 Å². The molecule has 3 saturated carbocycles. The molecule has 3 fully saturated rings. The number of ether oxygens (including phenoxy) is 2. The molecule has 1 unspecified atom stereocenters. The first-order valence-electron chi connectivity index (χ1n) is 18.9. The van der Waals surface area contributed by atoms with E-state index in [4.69, 9.17) is 18.3 Å². The van der Waals surface area contributed by atoms with Gasteiger partial charge in [0.25, 0.3) is 0 Å². The highest BCUT2D eigenvalue weighted by Gasteiger charge is 2.57. The van der Waals surface area contributed by atoms with Crippen LogP contribution in [0.4, 0.5) is 0 Å². The van der Waals surface area contributed by atoms with Gasteiger partial charge in [-0.2, -0.15) is 0 Å². The van der Waals surface area contributed by atoms with Crippen molar-refractivity contribution in [3.05, 3.63) is 58.0 Å². The van der Waals surface area contributed by atoms with Crippen LogP contribution in [-0.2, 0) is 14.2 Å². The Bertz CT molecular complexity index is 1760. The molecule has 52 heavy (non-hydrogen) atoms. The van der Waals surface area contributed by atoms with E-state index in [1.54, 1.807) is 6.07 Å². The van der Waals surface area contributed by atoms with Gasteiger partial charge in [0.05, 0.1) is 53.2 Å². The van der Waals surface area contributed by atoms with Gasteiger partial charge >= 0.3 is 0 Å². The summed E-state index contributed by atoms with van der Waals surface area (Å²) in [6.45, 7) is 26.0. The molecular weight excluding hydrogens is 691 g/mol. The number of phenols is 1. The third kappa shape index (κ3) is 8.35. The number of carbonyl (C=O) groups excluding carboxylic acids is 1. The second kappa shape index (κ2) is 15.6. The van der Waals surface area contributed by atoms with Gasteiger partial charge in [-0.3, -0.25) is 4.79 Å². The monoisotopic (exact) mass is 755 g/mol. The fourth-order valence-corrected chi connectivity index (χ4v) is 10.8. The van der Waals surface area contributed by atoms with Crippen molar-refractivity contribution in [1.29, 1.82) is 0 Å². The Kier molecular flexibility index (Phi) is 12.6. The minimum Gasteiger partial charge on any atom is -0.507 e. The summed E-state index contributed by atoms with van der Waals surface area (Å²) < 4.78 is 38.9. The number of Topliss-reactive ketones (excluding diaryl/α,β-unsaturated/α-hetero) is 1. The molecule has 0 amide bonds. The molecular formula is C42H65NO7SSi. The van der Waals surface area contributed by atoms with Gasteiger partial charge in [0.2, 0.25) is 0 Å². The van der Waals surface area contributed by atoms with E-state index in [1.807, 2.05) is 50.4 Å². The lowest BCUT2D eigenvalue weighted by Crippen LogP contribution is -2.53. The van der Waals surface area contributed by atoms with Gasteiger partial charge in [-0.05, 0) is 79.1 Å². The molecule has 2 N–H and O–H groups in total. The quantitative estimate of drug-likeness (QED) is 0.146. The molecule has 2 aromatic carbocycles. The average Bonchev–Trinajstić information content (AvgIpc) is 3.04. The third-order valence-corrected chi connectivity index (χ3v) is 18.9. The van der Waals surface area contributed by atoms with Gasteiger partial charge in [0, 0.05) is 23.8 Å². The first kappa shape index (κ1) is 42.1. The highest BCUT2D eigenvalue weighted by molar-refractivity contribution is 7.96. The van der Waals surface area contributed by atoms with Crippen molar-refractivity contribution in [2.45, 2.75) is 124 Å². The van der Waals surface area contributed by atoms with Crippen molar-refractivity contribution >= 4 is 23.8 Å². The number of nitrogens with zero attached hydrogens (tertiary/aromatic N) is 1. The van der Waals surface area contributed by atoms with Gasteiger partial charge in [0.15, 0.2) is 14.1 Å². The normalized spacial score (nSPS) is 23.2. The Hall–Kier alpha value is -2.66. The molecule has 5 rings (SSSR count). The summed E-state index contributed by atoms with van der Waals surface area (Å²) in [5.74, 6) is -0.209. The first-order chi connectivity index (χ1) is 24.0. The summed E-state index contributed by atoms with van der Waals surface area (Å²) in [7, 11) is -2.39. The second-order valence-corrected chi connectivity index (χ2v) is 24.9. The standard InChI is InChI=1S/C42H65NO7SSi/c1-25(2)19-34(44)37-35(48-11)22-36(49-12)38(40(37)46)39(45)30-20-28-21-32(42(28,9)10)31(30)24-51(47,29-17-15-27(5)16-18-29)43-33(26(3)4)23-50-52(13,14)41(6,7)8/h15-18,22,24-26,28,30,32-33,39,45-46H,19-21,23H2,1-14H3/b31-24+/t28-,30-,32-,33-,39-,51?/m0/s1. The van der Waals surface area contributed by atoms with Gasteiger partial charge in [-0.1, -0.05) is 85.6 Å². The highest BCUT2D eigenvalue weighted by Crippen LogP contribution is 2.65. The van der Waals surface area contributed by atoms with Gasteiger partial charge in [0.1, 0.15) is 22.8 Å². The van der Waals surface area contributed by atoms with Crippen LogP contribution in [0.5, 0.6) is 17.2 Å². The number of fused-ring (bicyclic) bond motifs is 2. The maximum atomic E-state index is 15.7. The molecule has 0 radical (unpaired) electrons. The molecule has 0 aliphatic heterocycles. The number of ketones is 1. The smallest absolute Gasteiger partial charge is 0.192 e. The molecule has 8 nitrogen and oxygen atoms in total. The molecule has 6 atom stereocenters. The Balaban J connectivity index is 1.95. The molecule has 0 saturated heterocycles. The third-order valence-electron chi connectivity index (χ3n) is 12.2. The number of methoxy groups -OCH3 is 2. The maximum Gasteiger partial charge on any atom is 0.192 e. The number of hydrogen-bond acceptors (Lipinski definition) is 8. The Morgan fingerprint density at radius 2 is 1.65 bits per heavy atom. The number of benzene rings is 2. The van der Waals surface area contributed by atoms with E-state index in [-0.39, 0.29) is 74.8 Å². The fraction of sp³-hybridized carbons (Fsp3) is 0.643. The lowest BCUT2D eigenvalue weighted by Gasteiger charge is -2.60. The van der Waals surface area contributed by atoms with Crippen molar-refractivity contribution < 1.29 is 33.1 Å².